The van der Waals surface area contributed by atoms with Crippen molar-refractivity contribution in [3.05, 3.63) is 6.07 Å². The smallest absolute Gasteiger partial charge is 0.320 e. The summed E-state index contributed by atoms with van der Waals surface area (Å²) in [6.07, 6.45) is 4.28. The summed E-state index contributed by atoms with van der Waals surface area (Å²) in [5, 5.41) is 9.40. The van der Waals surface area contributed by atoms with E-state index in [1.54, 1.807) is 22.7 Å². The number of hydrogen-bond donors (Lipinski definition) is 2. The largest absolute Gasteiger partial charge is 0.341 e. The Labute approximate surface area is 117 Å². The third-order valence-electron chi connectivity index (χ3n) is 4.01. The van der Waals surface area contributed by atoms with E-state index in [1.807, 2.05) is 0 Å². The van der Waals surface area contributed by atoms with Crippen LogP contribution in [0.5, 0.6) is 0 Å². The summed E-state index contributed by atoms with van der Waals surface area (Å²) in [4.78, 5) is 25.6. The van der Waals surface area contributed by atoms with Crippen LogP contribution in [-0.2, 0) is 11.3 Å². The molecule has 1 fully saturated rings. The Bertz CT molecular complexity index is 533. The Balaban J connectivity index is 1.75. The number of carbonyl (C=O) groups is 2. The molecule has 2 aliphatic rings. The van der Waals surface area contributed by atoms with E-state index in [0.29, 0.717) is 18.9 Å². The van der Waals surface area contributed by atoms with Gasteiger partial charge in [0.25, 0.3) is 0 Å². The molecule has 20 heavy (non-hydrogen) atoms. The van der Waals surface area contributed by atoms with Crippen LogP contribution < -0.4 is 15.5 Å². The van der Waals surface area contributed by atoms with Crippen molar-refractivity contribution in [1.82, 2.24) is 15.1 Å². The van der Waals surface area contributed by atoms with E-state index in [1.165, 1.54) is 0 Å². The zero-order valence-electron chi connectivity index (χ0n) is 11.6. The van der Waals surface area contributed by atoms with E-state index in [-0.39, 0.29) is 17.9 Å². The zero-order chi connectivity index (χ0) is 14.1. The maximum atomic E-state index is 12.5. The molecule has 0 aromatic carbocycles. The van der Waals surface area contributed by atoms with Gasteiger partial charge in [-0.05, 0) is 12.8 Å². The molecule has 0 unspecified atom stereocenters. The fraction of sp³-hybridized carbons (Fsp3) is 0.615. The minimum atomic E-state index is -0.310. The number of rotatable bonds is 2. The average molecular weight is 277 g/mol. The number of nitrogens with one attached hydrogen (secondary N) is 2. The first kappa shape index (κ1) is 13.0. The van der Waals surface area contributed by atoms with E-state index >= 15 is 0 Å². The molecule has 1 aliphatic carbocycles. The van der Waals surface area contributed by atoms with E-state index in [4.69, 9.17) is 0 Å². The van der Waals surface area contributed by atoms with Crippen LogP contribution in [0.2, 0.25) is 0 Å². The second-order valence-corrected chi connectivity index (χ2v) is 5.29. The lowest BCUT2D eigenvalue weighted by Crippen LogP contribution is -2.33. The normalized spacial score (nSPS) is 18.1. The molecule has 0 radical (unpaired) electrons. The molecule has 0 spiro atoms. The topological polar surface area (TPSA) is 79.3 Å². The molecule has 0 bridgehead atoms. The maximum absolute atomic E-state index is 12.5. The molecule has 1 aromatic heterocycles. The van der Waals surface area contributed by atoms with Crippen LogP contribution >= 0.6 is 0 Å². The van der Waals surface area contributed by atoms with Gasteiger partial charge in [-0.1, -0.05) is 12.8 Å². The van der Waals surface area contributed by atoms with Crippen LogP contribution in [-0.4, -0.2) is 35.3 Å². The summed E-state index contributed by atoms with van der Waals surface area (Å²) < 4.78 is 1.78. The molecule has 2 heterocycles. The molecule has 1 aromatic rings. The summed E-state index contributed by atoms with van der Waals surface area (Å²) in [5.41, 5.74) is 0. The van der Waals surface area contributed by atoms with Gasteiger partial charge in [-0.3, -0.25) is 15.0 Å². The second kappa shape index (κ2) is 5.15. The number of fused-ring (bicyclic) bond motifs is 1. The number of carbonyl (C=O) groups excluding carboxylic acids is 2. The number of amides is 3. The first-order valence-electron chi connectivity index (χ1n) is 7.07. The zero-order valence-corrected chi connectivity index (χ0v) is 11.6. The van der Waals surface area contributed by atoms with Gasteiger partial charge in [0.2, 0.25) is 5.91 Å². The fourth-order valence-electron chi connectivity index (χ4n) is 2.95. The quantitative estimate of drug-likeness (QED) is 0.851. The van der Waals surface area contributed by atoms with Gasteiger partial charge in [-0.15, -0.1) is 0 Å². The monoisotopic (exact) mass is 277 g/mol. The Morgan fingerprint density at radius 3 is 2.75 bits per heavy atom. The number of urea groups is 1. The van der Waals surface area contributed by atoms with Gasteiger partial charge >= 0.3 is 6.03 Å². The number of hydrogen-bond acceptors (Lipinski definition) is 3. The van der Waals surface area contributed by atoms with Crippen LogP contribution in [0.3, 0.4) is 0 Å². The molecular weight excluding hydrogens is 258 g/mol. The molecule has 0 atom stereocenters. The van der Waals surface area contributed by atoms with E-state index < -0.39 is 0 Å². The van der Waals surface area contributed by atoms with E-state index in [0.717, 1.165) is 31.5 Å². The van der Waals surface area contributed by atoms with Crippen molar-refractivity contribution in [2.45, 2.75) is 32.2 Å². The highest BCUT2D eigenvalue weighted by molar-refractivity contribution is 5.96. The van der Waals surface area contributed by atoms with E-state index in [2.05, 4.69) is 15.7 Å². The first-order valence-corrected chi connectivity index (χ1v) is 7.07. The summed E-state index contributed by atoms with van der Waals surface area (Å²) >= 11 is 0. The molecule has 7 heteroatoms. The predicted molar refractivity (Wildman–Crippen MR) is 74.6 cm³/mol. The summed E-state index contributed by atoms with van der Waals surface area (Å²) in [6, 6.07) is 1.45. The van der Waals surface area contributed by atoms with Gasteiger partial charge in [0, 0.05) is 25.6 Å². The Kier molecular flexibility index (Phi) is 3.33. The summed E-state index contributed by atoms with van der Waals surface area (Å²) in [7, 11) is 1.55. The lowest BCUT2D eigenvalue weighted by Gasteiger charge is -2.18. The molecule has 108 valence electrons. The second-order valence-electron chi connectivity index (χ2n) is 5.29. The highest BCUT2D eigenvalue weighted by Crippen LogP contribution is 2.31. The summed E-state index contributed by atoms with van der Waals surface area (Å²) in [6.45, 7) is 1.36. The molecule has 7 nitrogen and oxygen atoms in total. The molecule has 2 N–H and O–H groups in total. The molecule has 3 amide bonds. The highest BCUT2D eigenvalue weighted by atomic mass is 16.2. The fourth-order valence-corrected chi connectivity index (χ4v) is 2.95. The third kappa shape index (κ3) is 2.23. The van der Waals surface area contributed by atoms with Crippen LogP contribution in [0.25, 0.3) is 0 Å². The highest BCUT2D eigenvalue weighted by Gasteiger charge is 2.33. The van der Waals surface area contributed by atoms with Crippen molar-refractivity contribution in [2.24, 2.45) is 5.92 Å². The molecule has 3 rings (SSSR count). The Morgan fingerprint density at radius 2 is 2.05 bits per heavy atom. The maximum Gasteiger partial charge on any atom is 0.320 e. The van der Waals surface area contributed by atoms with Gasteiger partial charge in [0.05, 0.1) is 6.54 Å². The Morgan fingerprint density at radius 1 is 1.30 bits per heavy atom. The van der Waals surface area contributed by atoms with Crippen molar-refractivity contribution in [1.29, 1.82) is 0 Å². The van der Waals surface area contributed by atoms with Gasteiger partial charge in [0.1, 0.15) is 5.82 Å². The minimum Gasteiger partial charge on any atom is -0.341 e. The van der Waals surface area contributed by atoms with Crippen LogP contribution in [0.4, 0.5) is 16.4 Å². The number of anilines is 2. The van der Waals surface area contributed by atoms with Gasteiger partial charge in [-0.25, -0.2) is 9.48 Å². The Hall–Kier alpha value is -2.05. The van der Waals surface area contributed by atoms with Crippen LogP contribution in [0.15, 0.2) is 6.07 Å². The van der Waals surface area contributed by atoms with Gasteiger partial charge < -0.3 is 5.32 Å². The van der Waals surface area contributed by atoms with Crippen molar-refractivity contribution >= 4 is 23.6 Å². The number of nitrogens with zero attached hydrogens (tertiary/aromatic N) is 3. The molecule has 0 saturated heterocycles. The van der Waals surface area contributed by atoms with Crippen molar-refractivity contribution in [3.63, 3.8) is 0 Å². The first-order chi connectivity index (χ1) is 9.69. The lowest BCUT2D eigenvalue weighted by molar-refractivity contribution is -0.122. The third-order valence-corrected chi connectivity index (χ3v) is 4.01. The standard InChI is InChI=1S/C13H19N5O2/c1-14-13(20)15-10-8-11-17(6-7-18(11)16-10)12(19)9-4-2-3-5-9/h8-9H,2-7H2,1H3,(H2,14,15,16,20). The van der Waals surface area contributed by atoms with E-state index in [9.17, 15) is 9.59 Å². The predicted octanol–water partition coefficient (Wildman–Crippen LogP) is 1.17. The molecular formula is C13H19N5O2. The minimum absolute atomic E-state index is 0.159. The lowest BCUT2D eigenvalue weighted by atomic mass is 10.1. The summed E-state index contributed by atoms with van der Waals surface area (Å²) in [5.74, 6) is 1.62. The van der Waals surface area contributed by atoms with Crippen molar-refractivity contribution < 1.29 is 9.59 Å². The molecule has 1 aliphatic heterocycles. The van der Waals surface area contributed by atoms with Crippen LogP contribution in [0, 0.1) is 5.92 Å². The van der Waals surface area contributed by atoms with Gasteiger partial charge in [-0.2, -0.15) is 5.10 Å². The van der Waals surface area contributed by atoms with Crippen LogP contribution in [0.1, 0.15) is 25.7 Å². The molecule has 1 saturated carbocycles. The van der Waals surface area contributed by atoms with Crippen molar-refractivity contribution in [3.8, 4) is 0 Å². The average Bonchev–Trinajstić information content (AvgIpc) is 3.13. The SMILES string of the molecule is CNC(=O)Nc1cc2n(n1)CCN2C(=O)C1CCCC1. The number of aromatic nitrogens is 2. The van der Waals surface area contributed by atoms with Gasteiger partial charge in [0.15, 0.2) is 5.82 Å². The van der Waals surface area contributed by atoms with Crippen molar-refractivity contribution in [2.75, 3.05) is 23.8 Å².